The van der Waals surface area contributed by atoms with Gasteiger partial charge in [0.15, 0.2) is 0 Å². The molecular weight excluding hydrogens is 685 g/mol. The fourth-order valence-corrected chi connectivity index (χ4v) is 8.42. The first-order chi connectivity index (χ1) is 27.5. The Morgan fingerprint density at radius 2 is 1.59 bits per heavy atom. The monoisotopic (exact) mass is 732 g/mol. The van der Waals surface area contributed by atoms with Gasteiger partial charge >= 0.3 is 0 Å². The topological polar surface area (TPSA) is 95.8 Å². The van der Waals surface area contributed by atoms with E-state index in [2.05, 4.69) is 106 Å². The molecule has 3 heterocycles. The van der Waals surface area contributed by atoms with Crippen LogP contribution >= 0.6 is 0 Å². The van der Waals surface area contributed by atoms with Gasteiger partial charge in [0.05, 0.1) is 22.4 Å². The maximum atomic E-state index is 6.08. The molecule has 0 spiro atoms. The second-order valence-corrected chi connectivity index (χ2v) is 13.8. The molecule has 0 amide bonds. The van der Waals surface area contributed by atoms with E-state index in [1.165, 1.54) is 83.2 Å². The molecule has 0 atom stereocenters. The summed E-state index contributed by atoms with van der Waals surface area (Å²) in [6, 6.07) is 24.6. The number of nitrogens with one attached hydrogen (secondary N) is 2. The predicted octanol–water partition coefficient (Wildman–Crippen LogP) is 12.0. The molecule has 2 aliphatic rings. The third kappa shape index (κ3) is 6.75. The highest BCUT2D eigenvalue weighted by Gasteiger charge is 2.31. The van der Waals surface area contributed by atoms with Crippen molar-refractivity contribution in [2.45, 2.75) is 46.1 Å². The van der Waals surface area contributed by atoms with E-state index >= 15 is 0 Å². The number of H-pyrrole nitrogens is 1. The minimum absolute atomic E-state index is 0.770. The number of hydrogen-bond donors (Lipinski definition) is 3. The van der Waals surface area contributed by atoms with Crippen LogP contribution in [-0.4, -0.2) is 27.0 Å². The van der Waals surface area contributed by atoms with Gasteiger partial charge in [-0.15, -0.1) is 0 Å². The molecule has 278 valence electrons. The average molecular weight is 733 g/mol. The van der Waals surface area contributed by atoms with Gasteiger partial charge in [-0.05, 0) is 146 Å². The number of aliphatic imine (C=N–C) groups is 1. The lowest BCUT2D eigenvalue weighted by molar-refractivity contribution is 0.859. The summed E-state index contributed by atoms with van der Waals surface area (Å²) in [5, 5.41) is 11.3. The van der Waals surface area contributed by atoms with Gasteiger partial charge in [-0.3, -0.25) is 9.98 Å². The van der Waals surface area contributed by atoms with Crippen molar-refractivity contribution in [1.29, 1.82) is 5.41 Å². The van der Waals surface area contributed by atoms with Crippen molar-refractivity contribution in [1.82, 2.24) is 14.5 Å². The van der Waals surface area contributed by atoms with E-state index in [1.54, 1.807) is 31.4 Å². The molecule has 7 aromatic rings. The van der Waals surface area contributed by atoms with Crippen molar-refractivity contribution in [3.63, 3.8) is 0 Å². The molecule has 6 nitrogen and oxygen atoms in total. The zero-order valence-corrected chi connectivity index (χ0v) is 32.3. The maximum absolute atomic E-state index is 6.08. The molecule has 0 fully saturated rings. The molecule has 4 N–H and O–H groups in total. The summed E-state index contributed by atoms with van der Waals surface area (Å²) in [5.74, 6) is 0. The zero-order chi connectivity index (χ0) is 39.2. The van der Waals surface area contributed by atoms with Crippen LogP contribution in [-0.2, 0) is 32.2 Å². The molecule has 0 saturated carbocycles. The predicted molar refractivity (Wildman–Crippen MR) is 242 cm³/mol. The fourth-order valence-electron chi connectivity index (χ4n) is 8.42. The molecule has 6 heteroatoms. The number of aromatic amines is 1. The Bertz CT molecular complexity index is 2760. The molecule has 0 unspecified atom stereocenters. The number of aromatic nitrogens is 3. The maximum Gasteiger partial charge on any atom is 0.0702 e. The van der Waals surface area contributed by atoms with Crippen molar-refractivity contribution in [3.8, 4) is 22.4 Å². The summed E-state index contributed by atoms with van der Waals surface area (Å²) in [4.78, 5) is 13.1. The van der Waals surface area contributed by atoms with Crippen LogP contribution in [0.25, 0.3) is 71.7 Å². The van der Waals surface area contributed by atoms with Crippen LogP contribution in [0.2, 0.25) is 0 Å². The molecule has 0 radical (unpaired) electrons. The van der Waals surface area contributed by atoms with E-state index in [1.807, 2.05) is 43.6 Å². The van der Waals surface area contributed by atoms with Crippen molar-refractivity contribution in [2.24, 2.45) is 10.7 Å². The van der Waals surface area contributed by atoms with Crippen molar-refractivity contribution in [2.75, 3.05) is 0 Å². The molecule has 0 aliphatic heterocycles. The third-order valence-corrected chi connectivity index (χ3v) is 10.6. The van der Waals surface area contributed by atoms with E-state index in [-0.39, 0.29) is 0 Å². The number of fused-ring (bicyclic) bond motifs is 8. The number of rotatable bonds is 8. The van der Waals surface area contributed by atoms with Gasteiger partial charge in [0, 0.05) is 62.7 Å². The van der Waals surface area contributed by atoms with Gasteiger partial charge in [0.1, 0.15) is 0 Å². The molecule has 0 bridgehead atoms. The lowest BCUT2D eigenvalue weighted by Crippen LogP contribution is -2.15. The van der Waals surface area contributed by atoms with Crippen LogP contribution in [0.5, 0.6) is 0 Å². The Morgan fingerprint density at radius 1 is 0.839 bits per heavy atom. The summed E-state index contributed by atoms with van der Waals surface area (Å²) in [5.41, 5.74) is 23.7. The highest BCUT2D eigenvalue weighted by molar-refractivity contribution is 6.15. The van der Waals surface area contributed by atoms with E-state index < -0.39 is 0 Å². The average Bonchev–Trinajstić information content (AvgIpc) is 3.76. The highest BCUT2D eigenvalue weighted by atomic mass is 15.0. The molecule has 3 aromatic heterocycles. The number of hydrogen-bond acceptors (Lipinski definition) is 4. The van der Waals surface area contributed by atoms with Crippen molar-refractivity contribution in [3.05, 3.63) is 169 Å². The van der Waals surface area contributed by atoms with Crippen molar-refractivity contribution < 1.29 is 0 Å². The second kappa shape index (κ2) is 16.7. The van der Waals surface area contributed by atoms with Gasteiger partial charge in [-0.25, -0.2) is 0 Å². The number of aryl methyl sites for hydroxylation is 4. The summed E-state index contributed by atoms with van der Waals surface area (Å²) in [6.07, 6.45) is 23.8. The molecule has 56 heavy (non-hydrogen) atoms. The zero-order valence-electron chi connectivity index (χ0n) is 32.3. The standard InChI is InChI=1S/C44H37N5.C4H6.C2H5N/c1-3-10-37(46-4-2)27-14-18-39-33(23-27)35-25-29-12-13-30-26-36-34-24-28(38-11-6-8-21-47-38)15-19-40(34)49(22-9-5-7-20-45)44(36)32-17-16-31(43(35)48-39)41(29)42(30)32;1-3-4-2;1-2-3/h3-11,14-15,18-21,23-26,48H,1,12-13,16-17,22,45H2,2H3;3-4H,1-2H2;2-3H,1H3/b9-5-,20-7-,37-10-,46-4?;;. The first-order valence-corrected chi connectivity index (χ1v) is 19.2. The summed E-state index contributed by atoms with van der Waals surface area (Å²) >= 11 is 0. The quantitative estimate of drug-likeness (QED) is 0.107. The number of benzene rings is 4. The first kappa shape index (κ1) is 37.5. The van der Waals surface area contributed by atoms with Crippen LogP contribution < -0.4 is 5.73 Å². The largest absolute Gasteiger partial charge is 0.405 e. The van der Waals surface area contributed by atoms with E-state index in [4.69, 9.17) is 11.1 Å². The lowest BCUT2D eigenvalue weighted by Gasteiger charge is -2.31. The minimum Gasteiger partial charge on any atom is -0.405 e. The highest BCUT2D eigenvalue weighted by Crippen LogP contribution is 2.50. The summed E-state index contributed by atoms with van der Waals surface area (Å²) < 4.78 is 2.51. The molecule has 4 aromatic carbocycles. The van der Waals surface area contributed by atoms with Crippen LogP contribution in [0.15, 0.2) is 146 Å². The minimum atomic E-state index is 0.770. The normalized spacial score (nSPS) is 13.2. The van der Waals surface area contributed by atoms with Gasteiger partial charge < -0.3 is 20.7 Å². The Hall–Kier alpha value is -6.79. The molecule has 9 rings (SSSR count). The third-order valence-electron chi connectivity index (χ3n) is 10.6. The van der Waals surface area contributed by atoms with E-state index in [0.29, 0.717) is 0 Å². The number of nitrogens with zero attached hydrogens (tertiary/aromatic N) is 3. The smallest absolute Gasteiger partial charge is 0.0702 e. The van der Waals surface area contributed by atoms with Crippen LogP contribution in [0.4, 0.5) is 0 Å². The second-order valence-electron chi connectivity index (χ2n) is 13.8. The summed E-state index contributed by atoms with van der Waals surface area (Å²) in [7, 11) is 0. The van der Waals surface area contributed by atoms with E-state index in [9.17, 15) is 0 Å². The molecular formula is C50H48N6. The summed E-state index contributed by atoms with van der Waals surface area (Å²) in [6.45, 7) is 15.0. The number of pyridine rings is 1. The number of allylic oxidation sites excluding steroid dienone is 7. The van der Waals surface area contributed by atoms with Gasteiger partial charge in [0.2, 0.25) is 0 Å². The SMILES string of the molecule is C=C/C=C(\N=CC)c1ccc2[nH]c3c4c5c(cc3c2c1)CCc1cc2c3cc(-c6ccccn6)ccc3n(C/C=C\C=C/N)c2c(c1-5)CC4.C=CC=C.CC=N. The lowest BCUT2D eigenvalue weighted by atomic mass is 9.74. The van der Waals surface area contributed by atoms with E-state index in [0.717, 1.165) is 54.7 Å². The van der Waals surface area contributed by atoms with Crippen LogP contribution in [0.3, 0.4) is 0 Å². The molecule has 0 saturated heterocycles. The van der Waals surface area contributed by atoms with Gasteiger partial charge in [-0.2, -0.15) is 0 Å². The number of nitrogens with two attached hydrogens (primary N) is 1. The van der Waals surface area contributed by atoms with Crippen LogP contribution in [0.1, 0.15) is 41.7 Å². The van der Waals surface area contributed by atoms with Crippen LogP contribution in [0, 0.1) is 5.41 Å². The first-order valence-electron chi connectivity index (χ1n) is 19.2. The van der Waals surface area contributed by atoms with Crippen molar-refractivity contribution >= 4 is 61.7 Å². The fraction of sp³-hybridized carbons (Fsp3) is 0.140. The Morgan fingerprint density at radius 3 is 2.29 bits per heavy atom. The van der Waals surface area contributed by atoms with Gasteiger partial charge in [-0.1, -0.05) is 68.3 Å². The Labute approximate surface area is 329 Å². The Kier molecular flexibility index (Phi) is 11.2. The Balaban J connectivity index is 0.000000638. The molecule has 2 aliphatic carbocycles. The van der Waals surface area contributed by atoms with Gasteiger partial charge in [0.25, 0.3) is 0 Å².